The van der Waals surface area contributed by atoms with Gasteiger partial charge < -0.3 is 20.5 Å². The summed E-state index contributed by atoms with van der Waals surface area (Å²) in [6, 6.07) is 15.7. The molecule has 1 aliphatic heterocycles. The highest BCUT2D eigenvalue weighted by atomic mass is 16.2. The number of amides is 2. The van der Waals surface area contributed by atoms with E-state index < -0.39 is 0 Å². The molecule has 1 saturated heterocycles. The summed E-state index contributed by atoms with van der Waals surface area (Å²) in [5.41, 5.74) is 4.04. The van der Waals surface area contributed by atoms with Crippen LogP contribution in [0.25, 0.3) is 11.0 Å². The van der Waals surface area contributed by atoms with Crippen LogP contribution in [0.4, 0.5) is 16.4 Å². The average Bonchev–Trinajstić information content (AvgIpc) is 3.13. The largest absolute Gasteiger partial charge is 0.342 e. The van der Waals surface area contributed by atoms with Crippen molar-refractivity contribution in [2.45, 2.75) is 19.8 Å². The number of para-hydroxylation sites is 2. The number of aromatic nitrogens is 2. The van der Waals surface area contributed by atoms with Gasteiger partial charge in [0.25, 0.3) is 0 Å². The van der Waals surface area contributed by atoms with Crippen molar-refractivity contribution in [2.75, 3.05) is 29.9 Å². The van der Waals surface area contributed by atoms with Crippen molar-refractivity contribution < 1.29 is 4.79 Å². The van der Waals surface area contributed by atoms with Crippen LogP contribution in [-0.2, 0) is 0 Å². The van der Waals surface area contributed by atoms with Crippen LogP contribution in [0.5, 0.6) is 0 Å². The van der Waals surface area contributed by atoms with E-state index in [4.69, 9.17) is 4.98 Å². The van der Waals surface area contributed by atoms with Crippen LogP contribution in [0, 0.1) is 12.8 Å². The summed E-state index contributed by atoms with van der Waals surface area (Å²) in [4.78, 5) is 22.5. The Morgan fingerprint density at radius 2 is 2.04 bits per heavy atom. The van der Waals surface area contributed by atoms with Gasteiger partial charge in [-0.3, -0.25) is 0 Å². The molecule has 6 nitrogen and oxygen atoms in total. The molecule has 2 aromatic carbocycles. The number of carbonyl (C=O) groups is 1. The minimum Gasteiger partial charge on any atom is -0.342 e. The molecule has 27 heavy (non-hydrogen) atoms. The monoisotopic (exact) mass is 363 g/mol. The maximum absolute atomic E-state index is 12.2. The third-order valence-corrected chi connectivity index (χ3v) is 5.06. The summed E-state index contributed by atoms with van der Waals surface area (Å²) in [7, 11) is 0. The van der Waals surface area contributed by atoms with E-state index in [1.807, 2.05) is 55.5 Å². The molecule has 0 spiro atoms. The highest BCUT2D eigenvalue weighted by molar-refractivity contribution is 5.89. The lowest BCUT2D eigenvalue weighted by molar-refractivity contribution is 0.249. The minimum atomic E-state index is -0.153. The SMILES string of the molecule is Cc1ccc(NC(=O)NCC2CCCN(c3nc4ccccc4[nH]3)C2)cc1. The van der Waals surface area contributed by atoms with E-state index in [1.54, 1.807) is 0 Å². The molecular weight excluding hydrogens is 338 g/mol. The molecule has 1 atom stereocenters. The predicted octanol–water partition coefficient (Wildman–Crippen LogP) is 3.91. The fourth-order valence-corrected chi connectivity index (χ4v) is 3.56. The number of anilines is 2. The second-order valence-corrected chi connectivity index (χ2v) is 7.23. The van der Waals surface area contributed by atoms with Crippen molar-refractivity contribution in [3.63, 3.8) is 0 Å². The van der Waals surface area contributed by atoms with Crippen LogP contribution in [-0.4, -0.2) is 35.6 Å². The first-order chi connectivity index (χ1) is 13.2. The number of benzene rings is 2. The smallest absolute Gasteiger partial charge is 0.319 e. The second-order valence-electron chi connectivity index (χ2n) is 7.23. The molecule has 6 heteroatoms. The number of carbonyl (C=O) groups excluding carboxylic acids is 1. The molecule has 0 saturated carbocycles. The van der Waals surface area contributed by atoms with Gasteiger partial charge in [-0.1, -0.05) is 29.8 Å². The zero-order chi connectivity index (χ0) is 18.6. The topological polar surface area (TPSA) is 73.1 Å². The molecule has 4 rings (SSSR count). The summed E-state index contributed by atoms with van der Waals surface area (Å²) in [5, 5.41) is 5.89. The molecule has 3 aromatic rings. The Balaban J connectivity index is 1.31. The molecular formula is C21H25N5O. The predicted molar refractivity (Wildman–Crippen MR) is 109 cm³/mol. The highest BCUT2D eigenvalue weighted by Gasteiger charge is 2.22. The quantitative estimate of drug-likeness (QED) is 0.658. The fourth-order valence-electron chi connectivity index (χ4n) is 3.56. The van der Waals surface area contributed by atoms with E-state index >= 15 is 0 Å². The molecule has 1 aromatic heterocycles. The van der Waals surface area contributed by atoms with Crippen LogP contribution in [0.15, 0.2) is 48.5 Å². The van der Waals surface area contributed by atoms with Crippen LogP contribution in [0.3, 0.4) is 0 Å². The lowest BCUT2D eigenvalue weighted by Gasteiger charge is -2.32. The number of hydrogen-bond donors (Lipinski definition) is 3. The van der Waals surface area contributed by atoms with E-state index in [-0.39, 0.29) is 6.03 Å². The number of hydrogen-bond acceptors (Lipinski definition) is 3. The van der Waals surface area contributed by atoms with Gasteiger partial charge >= 0.3 is 6.03 Å². The van der Waals surface area contributed by atoms with Crippen molar-refractivity contribution in [3.05, 3.63) is 54.1 Å². The third kappa shape index (κ3) is 4.22. The number of imidazole rings is 1. The molecule has 2 amide bonds. The Labute approximate surface area is 159 Å². The summed E-state index contributed by atoms with van der Waals surface area (Å²) in [6.45, 7) is 4.58. The number of rotatable bonds is 4. The molecule has 0 aliphatic carbocycles. The van der Waals surface area contributed by atoms with Gasteiger partial charge in [-0.05, 0) is 49.9 Å². The number of fused-ring (bicyclic) bond motifs is 1. The molecule has 140 valence electrons. The molecule has 1 aliphatic rings. The number of nitrogens with zero attached hydrogens (tertiary/aromatic N) is 2. The second kappa shape index (κ2) is 7.70. The summed E-state index contributed by atoms with van der Waals surface area (Å²) in [5.74, 6) is 1.33. The van der Waals surface area contributed by atoms with E-state index in [1.165, 1.54) is 5.56 Å². The average molecular weight is 363 g/mol. The third-order valence-electron chi connectivity index (χ3n) is 5.06. The highest BCUT2D eigenvalue weighted by Crippen LogP contribution is 2.23. The van der Waals surface area contributed by atoms with Crippen molar-refractivity contribution in [1.82, 2.24) is 15.3 Å². The minimum absolute atomic E-state index is 0.153. The van der Waals surface area contributed by atoms with Crippen molar-refractivity contribution in [2.24, 2.45) is 5.92 Å². The van der Waals surface area contributed by atoms with Crippen molar-refractivity contribution >= 4 is 28.7 Å². The van der Waals surface area contributed by atoms with Crippen molar-refractivity contribution in [3.8, 4) is 0 Å². The normalized spacial score (nSPS) is 17.1. The van der Waals surface area contributed by atoms with Crippen LogP contribution in [0.2, 0.25) is 0 Å². The van der Waals surface area contributed by atoms with Gasteiger partial charge in [0.2, 0.25) is 5.95 Å². The molecule has 1 fully saturated rings. The van der Waals surface area contributed by atoms with Gasteiger partial charge in [0.1, 0.15) is 0 Å². The molecule has 3 N–H and O–H groups in total. The van der Waals surface area contributed by atoms with E-state index in [0.29, 0.717) is 12.5 Å². The zero-order valence-electron chi connectivity index (χ0n) is 15.5. The first-order valence-corrected chi connectivity index (χ1v) is 9.48. The number of nitrogens with one attached hydrogen (secondary N) is 3. The number of aromatic amines is 1. The maximum Gasteiger partial charge on any atom is 0.319 e. The maximum atomic E-state index is 12.2. The molecule has 2 heterocycles. The van der Waals surface area contributed by atoms with Crippen LogP contribution >= 0.6 is 0 Å². The zero-order valence-corrected chi connectivity index (χ0v) is 15.5. The lowest BCUT2D eigenvalue weighted by Crippen LogP contribution is -2.42. The van der Waals surface area contributed by atoms with Gasteiger partial charge in [0.05, 0.1) is 11.0 Å². The summed E-state index contributed by atoms with van der Waals surface area (Å²) < 4.78 is 0. The Morgan fingerprint density at radius 1 is 1.22 bits per heavy atom. The molecule has 1 unspecified atom stereocenters. The number of piperidine rings is 1. The standard InChI is InChI=1S/C21H25N5O/c1-15-8-10-17(11-9-15)23-21(27)22-13-16-5-4-12-26(14-16)20-24-18-6-2-3-7-19(18)25-20/h2-3,6-11,16H,4-5,12-14H2,1H3,(H,24,25)(H2,22,23,27). The number of urea groups is 1. The fraction of sp³-hybridized carbons (Fsp3) is 0.333. The van der Waals surface area contributed by atoms with Gasteiger partial charge in [0, 0.05) is 25.3 Å². The van der Waals surface area contributed by atoms with Crippen LogP contribution in [0.1, 0.15) is 18.4 Å². The Kier molecular flexibility index (Phi) is 4.96. The van der Waals surface area contributed by atoms with Gasteiger partial charge in [-0.2, -0.15) is 0 Å². The van der Waals surface area contributed by atoms with E-state index in [9.17, 15) is 4.79 Å². The Bertz CT molecular complexity index is 885. The first-order valence-electron chi connectivity index (χ1n) is 9.48. The summed E-state index contributed by atoms with van der Waals surface area (Å²) >= 11 is 0. The lowest BCUT2D eigenvalue weighted by atomic mass is 9.98. The van der Waals surface area contributed by atoms with Crippen molar-refractivity contribution in [1.29, 1.82) is 0 Å². The Morgan fingerprint density at radius 3 is 2.85 bits per heavy atom. The first kappa shape index (κ1) is 17.4. The van der Waals surface area contributed by atoms with E-state index in [2.05, 4.69) is 20.5 Å². The molecule has 0 radical (unpaired) electrons. The van der Waals surface area contributed by atoms with E-state index in [0.717, 1.165) is 48.6 Å². The van der Waals surface area contributed by atoms with Gasteiger partial charge in [-0.15, -0.1) is 0 Å². The Hall–Kier alpha value is -3.02. The molecule has 0 bridgehead atoms. The number of H-pyrrole nitrogens is 1. The van der Waals surface area contributed by atoms with Gasteiger partial charge in [0.15, 0.2) is 0 Å². The summed E-state index contributed by atoms with van der Waals surface area (Å²) in [6.07, 6.45) is 2.21. The van der Waals surface area contributed by atoms with Gasteiger partial charge in [-0.25, -0.2) is 9.78 Å². The number of aryl methyl sites for hydroxylation is 1. The van der Waals surface area contributed by atoms with Crippen LogP contribution < -0.4 is 15.5 Å².